The van der Waals surface area contributed by atoms with Crippen LogP contribution in [0, 0.1) is 5.82 Å². The van der Waals surface area contributed by atoms with E-state index in [0.717, 1.165) is 12.8 Å². The van der Waals surface area contributed by atoms with E-state index in [2.05, 4.69) is 10.1 Å². The van der Waals surface area contributed by atoms with Crippen LogP contribution in [0.15, 0.2) is 53.6 Å². The molecule has 0 aliphatic carbocycles. The third-order valence-corrected chi connectivity index (χ3v) is 4.50. The van der Waals surface area contributed by atoms with Gasteiger partial charge < -0.3 is 14.0 Å². The maximum absolute atomic E-state index is 13.9. The lowest BCUT2D eigenvalue weighted by molar-refractivity contribution is 0.0669. The molecule has 0 radical (unpaired) electrons. The van der Waals surface area contributed by atoms with E-state index in [1.54, 1.807) is 35.6 Å². The summed E-state index contributed by atoms with van der Waals surface area (Å²) in [4.78, 5) is 18.6. The van der Waals surface area contributed by atoms with Crippen LogP contribution in [-0.4, -0.2) is 38.6 Å². The molecule has 0 bridgehead atoms. The summed E-state index contributed by atoms with van der Waals surface area (Å²) in [6.45, 7) is 1.27. The average Bonchev–Trinajstić information content (AvgIpc) is 3.34. The fourth-order valence-electron chi connectivity index (χ4n) is 3.19. The number of aromatic nitrogens is 3. The molecule has 1 unspecified atom stereocenters. The minimum atomic E-state index is -0.407. The number of carbonyl (C=O) groups excluding carboxylic acids is 1. The van der Waals surface area contributed by atoms with Gasteiger partial charge in [0, 0.05) is 31.5 Å². The molecule has 1 atom stereocenters. The Hall–Kier alpha value is -2.96. The molecule has 1 fully saturated rings. The molecule has 128 valence electrons. The van der Waals surface area contributed by atoms with Gasteiger partial charge in [-0.25, -0.2) is 9.37 Å². The van der Waals surface area contributed by atoms with Gasteiger partial charge in [0.25, 0.3) is 5.91 Å². The zero-order valence-corrected chi connectivity index (χ0v) is 13.5. The molecule has 3 aromatic rings. The summed E-state index contributed by atoms with van der Waals surface area (Å²) in [5.41, 5.74) is 0.494. The van der Waals surface area contributed by atoms with E-state index in [1.165, 1.54) is 12.1 Å². The molecule has 6 nitrogen and oxygen atoms in total. The molecular weight excluding hydrogens is 323 g/mol. The Bertz CT molecular complexity index is 875. The van der Waals surface area contributed by atoms with Gasteiger partial charge in [0.05, 0.1) is 17.9 Å². The number of piperidine rings is 1. The molecular formula is C18H17FN4O2. The number of nitrogens with zero attached hydrogens (tertiary/aromatic N) is 4. The molecule has 2 aromatic heterocycles. The SMILES string of the molecule is O=C(c1cc(-c2ccccc2F)on1)N1CCCC(n2ccnc2)C1. The number of hydrogen-bond donors (Lipinski definition) is 0. The molecule has 0 N–H and O–H groups in total. The first-order valence-corrected chi connectivity index (χ1v) is 8.20. The highest BCUT2D eigenvalue weighted by Gasteiger charge is 2.27. The summed E-state index contributed by atoms with van der Waals surface area (Å²) >= 11 is 0. The Kier molecular flexibility index (Phi) is 4.05. The molecule has 4 rings (SSSR count). The van der Waals surface area contributed by atoms with Gasteiger partial charge in [-0.05, 0) is 25.0 Å². The zero-order chi connectivity index (χ0) is 17.2. The Morgan fingerprint density at radius 1 is 1.32 bits per heavy atom. The van der Waals surface area contributed by atoms with E-state index in [0.29, 0.717) is 18.7 Å². The quantitative estimate of drug-likeness (QED) is 0.735. The first-order valence-electron chi connectivity index (χ1n) is 8.20. The second-order valence-corrected chi connectivity index (χ2v) is 6.11. The van der Waals surface area contributed by atoms with E-state index in [-0.39, 0.29) is 23.4 Å². The molecule has 7 heteroatoms. The summed E-state index contributed by atoms with van der Waals surface area (Å²) in [5.74, 6) is -0.350. The van der Waals surface area contributed by atoms with Crippen molar-refractivity contribution in [3.05, 3.63) is 60.6 Å². The molecule has 1 aliphatic rings. The van der Waals surface area contributed by atoms with Crippen molar-refractivity contribution in [3.63, 3.8) is 0 Å². The number of hydrogen-bond acceptors (Lipinski definition) is 4. The molecule has 1 amide bonds. The smallest absolute Gasteiger partial charge is 0.276 e. The molecule has 3 heterocycles. The van der Waals surface area contributed by atoms with Crippen LogP contribution in [0.5, 0.6) is 0 Å². The van der Waals surface area contributed by atoms with Gasteiger partial charge in [-0.3, -0.25) is 4.79 Å². The van der Waals surface area contributed by atoms with Crippen LogP contribution < -0.4 is 0 Å². The van der Waals surface area contributed by atoms with E-state index in [1.807, 2.05) is 10.8 Å². The van der Waals surface area contributed by atoms with E-state index >= 15 is 0 Å². The molecule has 25 heavy (non-hydrogen) atoms. The standard InChI is InChI=1S/C18H17FN4O2/c19-15-6-2-1-5-14(15)17-10-16(21-25-17)18(24)22-8-3-4-13(11-22)23-9-7-20-12-23/h1-2,5-7,9-10,12-13H,3-4,8,11H2. The highest BCUT2D eigenvalue weighted by atomic mass is 19.1. The molecule has 1 aromatic carbocycles. The van der Waals surface area contributed by atoms with Gasteiger partial charge in [0.2, 0.25) is 0 Å². The molecule has 0 spiro atoms. The maximum Gasteiger partial charge on any atom is 0.276 e. The minimum absolute atomic E-state index is 0.198. The number of halogens is 1. The van der Waals surface area contributed by atoms with E-state index in [9.17, 15) is 9.18 Å². The van der Waals surface area contributed by atoms with Crippen LogP contribution in [0.25, 0.3) is 11.3 Å². The van der Waals surface area contributed by atoms with Gasteiger partial charge >= 0.3 is 0 Å². The van der Waals surface area contributed by atoms with Crippen molar-refractivity contribution in [2.24, 2.45) is 0 Å². The Labute approximate surface area is 143 Å². The van der Waals surface area contributed by atoms with Crippen LogP contribution in [0.3, 0.4) is 0 Å². The monoisotopic (exact) mass is 340 g/mol. The van der Waals surface area contributed by atoms with Gasteiger partial charge in [0.1, 0.15) is 5.82 Å². The van der Waals surface area contributed by atoms with Crippen LogP contribution in [0.1, 0.15) is 29.4 Å². The number of likely N-dealkylation sites (tertiary alicyclic amines) is 1. The summed E-state index contributed by atoms with van der Waals surface area (Å²) in [6, 6.07) is 7.97. The first kappa shape index (κ1) is 15.6. The number of imidazole rings is 1. The van der Waals surface area contributed by atoms with Gasteiger partial charge in [-0.15, -0.1) is 0 Å². The zero-order valence-electron chi connectivity index (χ0n) is 13.5. The van der Waals surface area contributed by atoms with Crippen LogP contribution >= 0.6 is 0 Å². The molecule has 1 aliphatic heterocycles. The fraction of sp³-hybridized carbons (Fsp3) is 0.278. The normalized spacial score (nSPS) is 17.6. The highest BCUT2D eigenvalue weighted by molar-refractivity contribution is 5.93. The second-order valence-electron chi connectivity index (χ2n) is 6.11. The largest absolute Gasteiger partial charge is 0.355 e. The number of amides is 1. The lowest BCUT2D eigenvalue weighted by Crippen LogP contribution is -2.40. The molecule has 1 saturated heterocycles. The second kappa shape index (κ2) is 6.51. The van der Waals surface area contributed by atoms with Crippen molar-refractivity contribution in [2.75, 3.05) is 13.1 Å². The van der Waals surface area contributed by atoms with Crippen LogP contribution in [0.4, 0.5) is 4.39 Å². The predicted octanol–water partition coefficient (Wildman–Crippen LogP) is 3.15. The fourth-order valence-corrected chi connectivity index (χ4v) is 3.19. The van der Waals surface area contributed by atoms with Crippen molar-refractivity contribution in [2.45, 2.75) is 18.9 Å². The number of carbonyl (C=O) groups is 1. The Morgan fingerprint density at radius 3 is 3.00 bits per heavy atom. The average molecular weight is 340 g/mol. The predicted molar refractivity (Wildman–Crippen MR) is 88.3 cm³/mol. The van der Waals surface area contributed by atoms with Crippen LogP contribution in [-0.2, 0) is 0 Å². The van der Waals surface area contributed by atoms with E-state index in [4.69, 9.17) is 4.52 Å². The van der Waals surface area contributed by atoms with Gasteiger partial charge in [-0.2, -0.15) is 0 Å². The topological polar surface area (TPSA) is 64.2 Å². The lowest BCUT2D eigenvalue weighted by atomic mass is 10.0. The van der Waals surface area contributed by atoms with Crippen molar-refractivity contribution >= 4 is 5.91 Å². The maximum atomic E-state index is 13.9. The number of benzene rings is 1. The van der Waals surface area contributed by atoms with Crippen LogP contribution in [0.2, 0.25) is 0 Å². The Balaban J connectivity index is 1.52. The minimum Gasteiger partial charge on any atom is -0.355 e. The summed E-state index contributed by atoms with van der Waals surface area (Å²) in [7, 11) is 0. The Morgan fingerprint density at radius 2 is 2.20 bits per heavy atom. The third kappa shape index (κ3) is 3.05. The van der Waals surface area contributed by atoms with Crippen molar-refractivity contribution in [1.82, 2.24) is 19.6 Å². The van der Waals surface area contributed by atoms with Gasteiger partial charge in [-0.1, -0.05) is 17.3 Å². The van der Waals surface area contributed by atoms with Crippen molar-refractivity contribution in [3.8, 4) is 11.3 Å². The summed E-state index contributed by atoms with van der Waals surface area (Å²) in [6.07, 6.45) is 7.32. The molecule has 0 saturated carbocycles. The first-order chi connectivity index (χ1) is 12.2. The number of rotatable bonds is 3. The third-order valence-electron chi connectivity index (χ3n) is 4.50. The highest BCUT2D eigenvalue weighted by Crippen LogP contribution is 2.26. The summed E-state index contributed by atoms with van der Waals surface area (Å²) in [5, 5.41) is 3.84. The van der Waals surface area contributed by atoms with Gasteiger partial charge in [0.15, 0.2) is 11.5 Å². The lowest BCUT2D eigenvalue weighted by Gasteiger charge is -2.32. The van der Waals surface area contributed by atoms with E-state index < -0.39 is 5.82 Å². The van der Waals surface area contributed by atoms with Crippen molar-refractivity contribution in [1.29, 1.82) is 0 Å². The van der Waals surface area contributed by atoms with Crippen molar-refractivity contribution < 1.29 is 13.7 Å². The summed E-state index contributed by atoms with van der Waals surface area (Å²) < 4.78 is 21.1.